The molecule has 1 amide bonds. The fraction of sp³-hybridized carbons (Fsp3) is 0.158. The van der Waals surface area contributed by atoms with E-state index in [1.807, 2.05) is 30.3 Å². The van der Waals surface area contributed by atoms with Gasteiger partial charge in [0.2, 0.25) is 0 Å². The summed E-state index contributed by atoms with van der Waals surface area (Å²) < 4.78 is 23.6. The van der Waals surface area contributed by atoms with Crippen LogP contribution in [0.3, 0.4) is 0 Å². The number of hydrogen-bond acceptors (Lipinski definition) is 4. The molecule has 0 radical (unpaired) electrons. The summed E-state index contributed by atoms with van der Waals surface area (Å²) in [5.74, 6) is -0.324. The van der Waals surface area contributed by atoms with Crippen LogP contribution in [0, 0.1) is 5.82 Å². The zero-order valence-corrected chi connectivity index (χ0v) is 13.6. The van der Waals surface area contributed by atoms with Crippen molar-refractivity contribution in [1.29, 1.82) is 0 Å². The summed E-state index contributed by atoms with van der Waals surface area (Å²) in [6, 6.07) is 16.5. The van der Waals surface area contributed by atoms with Crippen molar-refractivity contribution in [2.45, 2.75) is 12.6 Å². The maximum Gasteiger partial charge on any atom is 0.274 e. The maximum atomic E-state index is 13.6. The predicted octanol–water partition coefficient (Wildman–Crippen LogP) is 3.48. The minimum atomic E-state index is -0.507. The first kappa shape index (κ1) is 16.9. The number of halogens is 1. The summed E-state index contributed by atoms with van der Waals surface area (Å²) in [5.41, 5.74) is 1.62. The summed E-state index contributed by atoms with van der Waals surface area (Å²) in [6.07, 6.45) is 0. The molecule has 6 heteroatoms. The Labute approximate surface area is 144 Å². The molecule has 128 valence electrons. The van der Waals surface area contributed by atoms with Crippen LogP contribution in [-0.2, 0) is 11.3 Å². The third-order valence-electron chi connectivity index (χ3n) is 3.67. The molecular formula is C19H17FN2O3. The molecule has 0 spiro atoms. The highest BCUT2D eigenvalue weighted by molar-refractivity contribution is 5.92. The molecule has 5 nitrogen and oxygen atoms in total. The van der Waals surface area contributed by atoms with Crippen LogP contribution in [-0.4, -0.2) is 18.2 Å². The number of carbonyl (C=O) groups is 1. The van der Waals surface area contributed by atoms with E-state index in [0.717, 1.165) is 5.56 Å². The van der Waals surface area contributed by atoms with Gasteiger partial charge in [-0.2, -0.15) is 0 Å². The first-order chi connectivity index (χ1) is 12.2. The Hall–Kier alpha value is -2.99. The normalized spacial score (nSPS) is 11.9. The highest BCUT2D eigenvalue weighted by Gasteiger charge is 2.20. The lowest BCUT2D eigenvalue weighted by Crippen LogP contribution is -2.29. The molecule has 2 aromatic carbocycles. The number of methoxy groups -OCH3 is 1. The third kappa shape index (κ3) is 4.10. The van der Waals surface area contributed by atoms with Gasteiger partial charge in [0.25, 0.3) is 5.91 Å². The lowest BCUT2D eigenvalue weighted by molar-refractivity contribution is 0.0933. The van der Waals surface area contributed by atoms with Gasteiger partial charge >= 0.3 is 0 Å². The monoisotopic (exact) mass is 340 g/mol. The average molecular weight is 340 g/mol. The molecule has 0 unspecified atom stereocenters. The average Bonchev–Trinajstić information content (AvgIpc) is 3.09. The lowest BCUT2D eigenvalue weighted by atomic mass is 9.98. The van der Waals surface area contributed by atoms with Gasteiger partial charge in [-0.25, -0.2) is 4.39 Å². The number of amides is 1. The third-order valence-corrected chi connectivity index (χ3v) is 3.67. The summed E-state index contributed by atoms with van der Waals surface area (Å²) in [7, 11) is 1.53. The minimum absolute atomic E-state index is 0.143. The quantitative estimate of drug-likeness (QED) is 0.746. The number of aromatic nitrogens is 1. The molecule has 25 heavy (non-hydrogen) atoms. The highest BCUT2D eigenvalue weighted by Crippen LogP contribution is 2.23. The fourth-order valence-corrected chi connectivity index (χ4v) is 2.53. The molecule has 1 atom stereocenters. The van der Waals surface area contributed by atoms with Crippen molar-refractivity contribution in [2.24, 2.45) is 0 Å². The summed E-state index contributed by atoms with van der Waals surface area (Å²) in [5, 5.41) is 6.63. The largest absolute Gasteiger partial charge is 0.377 e. The van der Waals surface area contributed by atoms with Gasteiger partial charge in [-0.3, -0.25) is 4.79 Å². The number of hydrogen-bond donors (Lipinski definition) is 1. The molecule has 3 rings (SSSR count). The molecule has 0 saturated heterocycles. The van der Waals surface area contributed by atoms with E-state index in [9.17, 15) is 9.18 Å². The number of rotatable bonds is 6. The van der Waals surface area contributed by atoms with E-state index in [1.54, 1.807) is 12.1 Å². The van der Waals surface area contributed by atoms with Crippen LogP contribution in [0.25, 0.3) is 0 Å². The van der Waals surface area contributed by atoms with E-state index in [0.29, 0.717) is 11.3 Å². The Morgan fingerprint density at radius 2 is 1.92 bits per heavy atom. The van der Waals surface area contributed by atoms with E-state index in [-0.39, 0.29) is 18.1 Å². The number of benzene rings is 2. The van der Waals surface area contributed by atoms with Gasteiger partial charge in [0.15, 0.2) is 11.5 Å². The molecule has 0 saturated carbocycles. The molecule has 1 N–H and O–H groups in total. The topological polar surface area (TPSA) is 64.4 Å². The second-order valence-electron chi connectivity index (χ2n) is 5.48. The van der Waals surface area contributed by atoms with Crippen molar-refractivity contribution in [2.75, 3.05) is 7.11 Å². The van der Waals surface area contributed by atoms with Crippen LogP contribution < -0.4 is 5.32 Å². The van der Waals surface area contributed by atoms with Gasteiger partial charge in [-0.05, 0) is 23.3 Å². The molecule has 1 heterocycles. The first-order valence-electron chi connectivity index (χ1n) is 7.73. The first-order valence-corrected chi connectivity index (χ1v) is 7.73. The van der Waals surface area contributed by atoms with Crippen LogP contribution in [0.1, 0.15) is 33.4 Å². The molecule has 0 bridgehead atoms. The number of carbonyl (C=O) groups excluding carboxylic acids is 1. The number of nitrogens with zero attached hydrogens (tertiary/aromatic N) is 1. The Bertz CT molecular complexity index is 849. The maximum absolute atomic E-state index is 13.6. The summed E-state index contributed by atoms with van der Waals surface area (Å²) in [4.78, 5) is 12.5. The Morgan fingerprint density at radius 3 is 2.64 bits per heavy atom. The van der Waals surface area contributed by atoms with E-state index >= 15 is 0 Å². The molecular weight excluding hydrogens is 323 g/mol. The molecule has 0 aliphatic heterocycles. The fourth-order valence-electron chi connectivity index (χ4n) is 2.53. The van der Waals surface area contributed by atoms with Crippen molar-refractivity contribution < 1.29 is 18.4 Å². The number of nitrogens with one attached hydrogen (secondary N) is 1. The zero-order chi connectivity index (χ0) is 17.6. The highest BCUT2D eigenvalue weighted by atomic mass is 19.1. The van der Waals surface area contributed by atoms with Crippen molar-refractivity contribution in [3.05, 3.63) is 89.1 Å². The van der Waals surface area contributed by atoms with E-state index in [1.165, 1.54) is 25.3 Å². The van der Waals surface area contributed by atoms with Crippen LogP contribution in [0.15, 0.2) is 65.2 Å². The predicted molar refractivity (Wildman–Crippen MR) is 89.4 cm³/mol. The van der Waals surface area contributed by atoms with Crippen LogP contribution in [0.2, 0.25) is 0 Å². The van der Waals surface area contributed by atoms with Gasteiger partial charge in [0.1, 0.15) is 12.4 Å². The van der Waals surface area contributed by atoms with E-state index in [2.05, 4.69) is 10.5 Å². The number of ether oxygens (including phenoxy) is 1. The molecule has 0 aliphatic carbocycles. The van der Waals surface area contributed by atoms with Crippen molar-refractivity contribution in [1.82, 2.24) is 10.5 Å². The summed E-state index contributed by atoms with van der Waals surface area (Å²) >= 11 is 0. The van der Waals surface area contributed by atoms with Crippen LogP contribution in [0.5, 0.6) is 0 Å². The smallest absolute Gasteiger partial charge is 0.274 e. The van der Waals surface area contributed by atoms with Gasteiger partial charge in [-0.15, -0.1) is 0 Å². The van der Waals surface area contributed by atoms with Crippen molar-refractivity contribution in [3.8, 4) is 0 Å². The van der Waals surface area contributed by atoms with Gasteiger partial charge in [0, 0.05) is 13.2 Å². The lowest BCUT2D eigenvalue weighted by Gasteiger charge is -2.19. The van der Waals surface area contributed by atoms with Gasteiger partial charge in [0.05, 0.1) is 6.04 Å². The van der Waals surface area contributed by atoms with Gasteiger partial charge < -0.3 is 14.6 Å². The molecule has 3 aromatic rings. The molecule has 0 fully saturated rings. The van der Waals surface area contributed by atoms with Gasteiger partial charge in [-0.1, -0.05) is 47.6 Å². The van der Waals surface area contributed by atoms with Crippen LogP contribution in [0.4, 0.5) is 4.39 Å². The second kappa shape index (κ2) is 7.72. The summed E-state index contributed by atoms with van der Waals surface area (Å²) in [6.45, 7) is 0.228. The Balaban J connectivity index is 1.88. The Kier molecular flexibility index (Phi) is 5.20. The SMILES string of the molecule is COCc1cc(C(=O)N[C@@H](c2ccccc2)c2cccc(F)c2)no1. The minimum Gasteiger partial charge on any atom is -0.377 e. The standard InChI is InChI=1S/C19H17FN2O3/c1-24-12-16-11-17(22-25-16)19(23)21-18(13-6-3-2-4-7-13)14-8-5-9-15(20)10-14/h2-11,18H,12H2,1H3,(H,21,23)/t18-/m0/s1. The van der Waals surface area contributed by atoms with E-state index in [4.69, 9.17) is 9.26 Å². The van der Waals surface area contributed by atoms with E-state index < -0.39 is 11.9 Å². The molecule has 1 aromatic heterocycles. The second-order valence-corrected chi connectivity index (χ2v) is 5.48. The van der Waals surface area contributed by atoms with Crippen molar-refractivity contribution >= 4 is 5.91 Å². The van der Waals surface area contributed by atoms with Crippen LogP contribution >= 0.6 is 0 Å². The zero-order valence-electron chi connectivity index (χ0n) is 13.6. The molecule has 0 aliphatic rings. The van der Waals surface area contributed by atoms with Crippen molar-refractivity contribution in [3.63, 3.8) is 0 Å². The Morgan fingerprint density at radius 1 is 1.16 bits per heavy atom.